The molecule has 1 aromatic rings. The SMILES string of the molecule is C=C1CCCCC1c1ccccc1. The summed E-state index contributed by atoms with van der Waals surface area (Å²) in [6.45, 7) is 4.17. The lowest BCUT2D eigenvalue weighted by Crippen LogP contribution is -2.06. The monoisotopic (exact) mass is 172 g/mol. The van der Waals surface area contributed by atoms with Crippen molar-refractivity contribution in [2.75, 3.05) is 0 Å². The van der Waals surface area contributed by atoms with Gasteiger partial charge in [-0.05, 0) is 24.8 Å². The Labute approximate surface area is 80.3 Å². The Kier molecular flexibility index (Phi) is 2.49. The molecule has 1 fully saturated rings. The van der Waals surface area contributed by atoms with Crippen LogP contribution >= 0.6 is 0 Å². The lowest BCUT2D eigenvalue weighted by atomic mass is 9.81. The summed E-state index contributed by atoms with van der Waals surface area (Å²) in [4.78, 5) is 0. The van der Waals surface area contributed by atoms with Crippen LogP contribution in [0.3, 0.4) is 0 Å². The molecule has 0 amide bonds. The third kappa shape index (κ3) is 1.82. The van der Waals surface area contributed by atoms with Gasteiger partial charge in [0, 0.05) is 5.92 Å². The third-order valence-electron chi connectivity index (χ3n) is 2.94. The van der Waals surface area contributed by atoms with Crippen molar-refractivity contribution in [3.63, 3.8) is 0 Å². The highest BCUT2D eigenvalue weighted by Gasteiger charge is 2.18. The van der Waals surface area contributed by atoms with Gasteiger partial charge in [0.2, 0.25) is 0 Å². The summed E-state index contributed by atoms with van der Waals surface area (Å²) in [6.07, 6.45) is 5.21. The van der Waals surface area contributed by atoms with Crippen LogP contribution in [0.5, 0.6) is 0 Å². The van der Waals surface area contributed by atoms with Crippen LogP contribution < -0.4 is 0 Å². The maximum Gasteiger partial charge on any atom is 0.00454 e. The van der Waals surface area contributed by atoms with Crippen LogP contribution in [0.2, 0.25) is 0 Å². The maximum absolute atomic E-state index is 4.17. The molecule has 1 saturated carbocycles. The van der Waals surface area contributed by atoms with Gasteiger partial charge in [0.25, 0.3) is 0 Å². The molecule has 1 aliphatic rings. The molecule has 0 aromatic heterocycles. The fraction of sp³-hybridized carbons (Fsp3) is 0.385. The highest BCUT2D eigenvalue weighted by atomic mass is 14.2. The first-order chi connectivity index (χ1) is 6.38. The zero-order valence-corrected chi connectivity index (χ0v) is 8.00. The highest BCUT2D eigenvalue weighted by molar-refractivity contribution is 5.28. The number of hydrogen-bond acceptors (Lipinski definition) is 0. The molecule has 0 spiro atoms. The minimum atomic E-state index is 0.634. The fourth-order valence-corrected chi connectivity index (χ4v) is 2.17. The Morgan fingerprint density at radius 2 is 1.85 bits per heavy atom. The normalized spacial score (nSPS) is 23.1. The molecule has 13 heavy (non-hydrogen) atoms. The quantitative estimate of drug-likeness (QED) is 0.563. The van der Waals surface area contributed by atoms with Crippen LogP contribution in [0.1, 0.15) is 37.2 Å². The summed E-state index contributed by atoms with van der Waals surface area (Å²) in [5.41, 5.74) is 2.88. The highest BCUT2D eigenvalue weighted by Crippen LogP contribution is 2.35. The van der Waals surface area contributed by atoms with E-state index in [1.165, 1.54) is 36.8 Å². The number of allylic oxidation sites excluding steroid dienone is 1. The van der Waals surface area contributed by atoms with Gasteiger partial charge < -0.3 is 0 Å². The van der Waals surface area contributed by atoms with Crippen LogP contribution in [0.25, 0.3) is 0 Å². The van der Waals surface area contributed by atoms with E-state index in [0.717, 1.165) is 0 Å². The topological polar surface area (TPSA) is 0 Å². The van der Waals surface area contributed by atoms with Crippen LogP contribution in [0.15, 0.2) is 42.5 Å². The molecular formula is C13H16. The van der Waals surface area contributed by atoms with Gasteiger partial charge in [0.1, 0.15) is 0 Å². The van der Waals surface area contributed by atoms with E-state index in [9.17, 15) is 0 Å². The molecule has 0 heteroatoms. The first kappa shape index (κ1) is 8.55. The molecule has 0 nitrogen and oxygen atoms in total. The average molecular weight is 172 g/mol. The summed E-state index contributed by atoms with van der Waals surface area (Å²) in [7, 11) is 0. The van der Waals surface area contributed by atoms with E-state index in [2.05, 4.69) is 36.9 Å². The molecule has 1 aliphatic carbocycles. The van der Waals surface area contributed by atoms with Gasteiger partial charge in [-0.1, -0.05) is 48.9 Å². The zero-order valence-electron chi connectivity index (χ0n) is 8.00. The molecule has 68 valence electrons. The largest absolute Gasteiger partial charge is 0.0992 e. The van der Waals surface area contributed by atoms with Gasteiger partial charge >= 0.3 is 0 Å². The molecule has 1 unspecified atom stereocenters. The van der Waals surface area contributed by atoms with Gasteiger partial charge in [-0.3, -0.25) is 0 Å². The van der Waals surface area contributed by atoms with Crippen molar-refractivity contribution in [3.8, 4) is 0 Å². The number of rotatable bonds is 1. The summed E-state index contributed by atoms with van der Waals surface area (Å²) in [6, 6.07) is 10.8. The van der Waals surface area contributed by atoms with Gasteiger partial charge in [0.15, 0.2) is 0 Å². The Morgan fingerprint density at radius 1 is 1.08 bits per heavy atom. The van der Waals surface area contributed by atoms with Crippen molar-refractivity contribution in [3.05, 3.63) is 48.0 Å². The third-order valence-corrected chi connectivity index (χ3v) is 2.94. The lowest BCUT2D eigenvalue weighted by Gasteiger charge is -2.24. The van der Waals surface area contributed by atoms with E-state index in [1.807, 2.05) is 0 Å². The van der Waals surface area contributed by atoms with Crippen LogP contribution in [-0.2, 0) is 0 Å². The predicted molar refractivity (Wildman–Crippen MR) is 56.8 cm³/mol. The second-order valence-corrected chi connectivity index (χ2v) is 3.87. The second kappa shape index (κ2) is 3.78. The van der Waals surface area contributed by atoms with Crippen molar-refractivity contribution in [2.45, 2.75) is 31.6 Å². The van der Waals surface area contributed by atoms with Crippen molar-refractivity contribution in [1.29, 1.82) is 0 Å². The molecule has 0 saturated heterocycles. The second-order valence-electron chi connectivity index (χ2n) is 3.87. The molecule has 0 N–H and O–H groups in total. The van der Waals surface area contributed by atoms with Crippen molar-refractivity contribution in [1.82, 2.24) is 0 Å². The minimum absolute atomic E-state index is 0.634. The molecule has 0 aliphatic heterocycles. The van der Waals surface area contributed by atoms with Crippen LogP contribution in [-0.4, -0.2) is 0 Å². The average Bonchev–Trinajstić information content (AvgIpc) is 2.20. The molecule has 1 aromatic carbocycles. The number of benzene rings is 1. The van der Waals surface area contributed by atoms with E-state index in [0.29, 0.717) is 5.92 Å². The lowest BCUT2D eigenvalue weighted by molar-refractivity contribution is 0.542. The van der Waals surface area contributed by atoms with Gasteiger partial charge in [-0.2, -0.15) is 0 Å². The summed E-state index contributed by atoms with van der Waals surface area (Å²) < 4.78 is 0. The van der Waals surface area contributed by atoms with E-state index in [1.54, 1.807) is 0 Å². The van der Waals surface area contributed by atoms with Crippen molar-refractivity contribution < 1.29 is 0 Å². The molecule has 0 bridgehead atoms. The Bertz CT molecular complexity index is 284. The predicted octanol–water partition coefficient (Wildman–Crippen LogP) is 3.90. The van der Waals surface area contributed by atoms with E-state index in [4.69, 9.17) is 0 Å². The van der Waals surface area contributed by atoms with E-state index >= 15 is 0 Å². The standard InChI is InChI=1S/C13H16/c1-11-7-5-6-10-13(11)12-8-3-2-4-9-12/h2-4,8-9,13H,1,5-7,10H2. The fourth-order valence-electron chi connectivity index (χ4n) is 2.17. The number of hydrogen-bond donors (Lipinski definition) is 0. The van der Waals surface area contributed by atoms with Crippen LogP contribution in [0, 0.1) is 0 Å². The van der Waals surface area contributed by atoms with Crippen molar-refractivity contribution in [2.24, 2.45) is 0 Å². The van der Waals surface area contributed by atoms with Gasteiger partial charge in [-0.15, -0.1) is 0 Å². The summed E-state index contributed by atoms with van der Waals surface area (Å²) in [5.74, 6) is 0.634. The minimum Gasteiger partial charge on any atom is -0.0992 e. The Balaban J connectivity index is 2.20. The van der Waals surface area contributed by atoms with E-state index < -0.39 is 0 Å². The Hall–Kier alpha value is -1.04. The first-order valence-electron chi connectivity index (χ1n) is 5.10. The maximum atomic E-state index is 4.17. The van der Waals surface area contributed by atoms with Gasteiger partial charge in [0.05, 0.1) is 0 Å². The summed E-state index contributed by atoms with van der Waals surface area (Å²) in [5, 5.41) is 0. The molecule has 2 rings (SSSR count). The first-order valence-corrected chi connectivity index (χ1v) is 5.10. The van der Waals surface area contributed by atoms with Gasteiger partial charge in [-0.25, -0.2) is 0 Å². The van der Waals surface area contributed by atoms with E-state index in [-0.39, 0.29) is 0 Å². The molecule has 1 atom stereocenters. The smallest absolute Gasteiger partial charge is 0.00454 e. The Morgan fingerprint density at radius 3 is 2.54 bits per heavy atom. The molecule has 0 heterocycles. The van der Waals surface area contributed by atoms with Crippen molar-refractivity contribution >= 4 is 0 Å². The zero-order chi connectivity index (χ0) is 9.10. The molecular weight excluding hydrogens is 156 g/mol. The van der Waals surface area contributed by atoms with Crippen LogP contribution in [0.4, 0.5) is 0 Å². The molecule has 0 radical (unpaired) electrons. The summed E-state index contributed by atoms with van der Waals surface area (Å²) >= 11 is 0.